The lowest BCUT2D eigenvalue weighted by molar-refractivity contribution is 0.766. The molecule has 0 unspecified atom stereocenters. The predicted octanol–water partition coefficient (Wildman–Crippen LogP) is 2.06. The van der Waals surface area contributed by atoms with Crippen LogP contribution in [0.15, 0.2) is 18.5 Å². The molecule has 96 valence electrons. The molecule has 0 aromatic carbocycles. The summed E-state index contributed by atoms with van der Waals surface area (Å²) in [7, 11) is 3.88. The Morgan fingerprint density at radius 3 is 2.78 bits per heavy atom. The van der Waals surface area contributed by atoms with Crippen LogP contribution in [0.2, 0.25) is 5.15 Å². The maximum Gasteiger partial charge on any atom is 0.134 e. The summed E-state index contributed by atoms with van der Waals surface area (Å²) in [6.45, 7) is 2.75. The molecule has 0 N–H and O–H groups in total. The van der Waals surface area contributed by atoms with E-state index in [-0.39, 0.29) is 0 Å². The van der Waals surface area contributed by atoms with Crippen LogP contribution < -0.4 is 4.90 Å². The Hall–Kier alpha value is -1.62. The Morgan fingerprint density at radius 2 is 2.17 bits per heavy atom. The largest absolute Gasteiger partial charge is 0.355 e. The zero-order chi connectivity index (χ0) is 13.1. The van der Waals surface area contributed by atoms with Crippen molar-refractivity contribution in [1.29, 1.82) is 0 Å². The highest BCUT2D eigenvalue weighted by Gasteiger charge is 2.08. The third-order valence-corrected chi connectivity index (χ3v) is 2.81. The Morgan fingerprint density at radius 1 is 1.39 bits per heavy atom. The molecule has 18 heavy (non-hydrogen) atoms. The lowest BCUT2D eigenvalue weighted by Gasteiger charge is -2.17. The first-order chi connectivity index (χ1) is 8.58. The van der Waals surface area contributed by atoms with E-state index in [1.807, 2.05) is 38.3 Å². The van der Waals surface area contributed by atoms with E-state index in [1.54, 1.807) is 10.7 Å². The first-order valence-corrected chi connectivity index (χ1v) is 6.18. The fourth-order valence-corrected chi connectivity index (χ4v) is 1.91. The molecule has 0 radical (unpaired) electrons. The van der Waals surface area contributed by atoms with Gasteiger partial charge in [0.25, 0.3) is 0 Å². The summed E-state index contributed by atoms with van der Waals surface area (Å²) >= 11 is 5.99. The minimum absolute atomic E-state index is 0.481. The maximum atomic E-state index is 5.99. The molecule has 0 atom stereocenters. The van der Waals surface area contributed by atoms with Crippen LogP contribution in [0, 0.1) is 0 Å². The summed E-state index contributed by atoms with van der Waals surface area (Å²) in [6.07, 6.45) is 4.61. The highest BCUT2D eigenvalue weighted by molar-refractivity contribution is 6.29. The van der Waals surface area contributed by atoms with Gasteiger partial charge < -0.3 is 4.90 Å². The van der Waals surface area contributed by atoms with Crippen molar-refractivity contribution >= 4 is 17.4 Å². The Labute approximate surface area is 111 Å². The first kappa shape index (κ1) is 12.8. The van der Waals surface area contributed by atoms with Gasteiger partial charge in [0.1, 0.15) is 16.8 Å². The number of hydrogen-bond acceptors (Lipinski definition) is 4. The number of hydrogen-bond donors (Lipinski definition) is 0. The summed E-state index contributed by atoms with van der Waals surface area (Å²) in [4.78, 5) is 10.6. The van der Waals surface area contributed by atoms with Crippen LogP contribution in [-0.2, 0) is 20.0 Å². The third-order valence-electron chi connectivity index (χ3n) is 2.61. The second-order valence-corrected chi connectivity index (χ2v) is 4.58. The van der Waals surface area contributed by atoms with E-state index in [2.05, 4.69) is 15.1 Å². The number of aromatic nitrogens is 4. The van der Waals surface area contributed by atoms with Gasteiger partial charge in [-0.1, -0.05) is 18.5 Å². The molecule has 6 heteroatoms. The van der Waals surface area contributed by atoms with E-state index >= 15 is 0 Å². The molecule has 0 bridgehead atoms. The van der Waals surface area contributed by atoms with Gasteiger partial charge in [0.05, 0.1) is 6.20 Å². The van der Waals surface area contributed by atoms with Crippen LogP contribution in [0.25, 0.3) is 0 Å². The van der Waals surface area contributed by atoms with Crippen molar-refractivity contribution in [2.24, 2.45) is 7.05 Å². The lowest BCUT2D eigenvalue weighted by atomic mass is 10.3. The molecule has 2 rings (SSSR count). The molecule has 0 aliphatic heterocycles. The summed E-state index contributed by atoms with van der Waals surface area (Å²) < 4.78 is 1.79. The Kier molecular flexibility index (Phi) is 3.81. The average Bonchev–Trinajstić information content (AvgIpc) is 2.73. The summed E-state index contributed by atoms with van der Waals surface area (Å²) in [5.41, 5.74) is 1.13. The second kappa shape index (κ2) is 5.35. The quantitative estimate of drug-likeness (QED) is 0.794. The molecule has 2 heterocycles. The van der Waals surface area contributed by atoms with Crippen molar-refractivity contribution in [3.8, 4) is 0 Å². The van der Waals surface area contributed by atoms with Crippen molar-refractivity contribution in [2.45, 2.75) is 19.9 Å². The summed E-state index contributed by atoms with van der Waals surface area (Å²) in [5, 5.41) is 4.63. The van der Waals surface area contributed by atoms with Gasteiger partial charge in [-0.3, -0.25) is 4.68 Å². The Balaban J connectivity index is 2.17. The first-order valence-electron chi connectivity index (χ1n) is 5.80. The van der Waals surface area contributed by atoms with Crippen molar-refractivity contribution < 1.29 is 0 Å². The fourth-order valence-electron chi connectivity index (χ4n) is 1.71. The van der Waals surface area contributed by atoms with Crippen LogP contribution in [0.5, 0.6) is 0 Å². The molecule has 0 aliphatic rings. The number of nitrogens with zero attached hydrogens (tertiary/aromatic N) is 5. The lowest BCUT2D eigenvalue weighted by Crippen LogP contribution is -2.18. The normalized spacial score (nSPS) is 10.7. The molecule has 0 spiro atoms. The van der Waals surface area contributed by atoms with Crippen LogP contribution >= 0.6 is 11.6 Å². The van der Waals surface area contributed by atoms with Crippen LogP contribution in [0.1, 0.15) is 18.3 Å². The zero-order valence-corrected chi connectivity index (χ0v) is 11.5. The predicted molar refractivity (Wildman–Crippen MR) is 71.7 cm³/mol. The molecule has 0 aliphatic carbocycles. The van der Waals surface area contributed by atoms with Gasteiger partial charge in [0.2, 0.25) is 0 Å². The molecular weight excluding hydrogens is 250 g/mol. The molecule has 0 fully saturated rings. The molecule has 0 saturated carbocycles. The minimum atomic E-state index is 0.481. The summed E-state index contributed by atoms with van der Waals surface area (Å²) in [5.74, 6) is 1.59. The van der Waals surface area contributed by atoms with E-state index in [0.717, 1.165) is 30.2 Å². The molecule has 0 saturated heterocycles. The van der Waals surface area contributed by atoms with Gasteiger partial charge >= 0.3 is 0 Å². The van der Waals surface area contributed by atoms with E-state index in [1.165, 1.54) is 0 Å². The molecule has 5 nitrogen and oxygen atoms in total. The zero-order valence-electron chi connectivity index (χ0n) is 10.8. The number of halogens is 1. The van der Waals surface area contributed by atoms with Crippen LogP contribution in [-0.4, -0.2) is 26.8 Å². The van der Waals surface area contributed by atoms with Crippen molar-refractivity contribution in [3.05, 3.63) is 35.0 Å². The van der Waals surface area contributed by atoms with Gasteiger partial charge in [-0.2, -0.15) is 5.10 Å². The van der Waals surface area contributed by atoms with E-state index < -0.39 is 0 Å². The van der Waals surface area contributed by atoms with E-state index in [4.69, 9.17) is 11.6 Å². The minimum Gasteiger partial charge on any atom is -0.355 e. The number of rotatable bonds is 4. The number of anilines is 1. The highest BCUT2D eigenvalue weighted by Crippen LogP contribution is 2.17. The Bertz CT molecular complexity index is 537. The number of aryl methyl sites for hydroxylation is 2. The monoisotopic (exact) mass is 265 g/mol. The van der Waals surface area contributed by atoms with Crippen LogP contribution in [0.3, 0.4) is 0 Å². The smallest absolute Gasteiger partial charge is 0.134 e. The highest BCUT2D eigenvalue weighted by atomic mass is 35.5. The molecule has 2 aromatic heterocycles. The molecule has 0 amide bonds. The van der Waals surface area contributed by atoms with Crippen LogP contribution in [0.4, 0.5) is 5.82 Å². The van der Waals surface area contributed by atoms with E-state index in [0.29, 0.717) is 5.15 Å². The van der Waals surface area contributed by atoms with Crippen molar-refractivity contribution in [3.63, 3.8) is 0 Å². The van der Waals surface area contributed by atoms with Gasteiger partial charge in [0.15, 0.2) is 0 Å². The van der Waals surface area contributed by atoms with Gasteiger partial charge in [-0.15, -0.1) is 0 Å². The van der Waals surface area contributed by atoms with Gasteiger partial charge in [-0.05, 0) is 0 Å². The van der Waals surface area contributed by atoms with Gasteiger partial charge in [-0.25, -0.2) is 9.97 Å². The fraction of sp³-hybridized carbons (Fsp3) is 0.417. The average molecular weight is 266 g/mol. The molecular formula is C12H16ClN5. The maximum absolute atomic E-state index is 5.99. The second-order valence-electron chi connectivity index (χ2n) is 4.20. The standard InChI is InChI=1S/C12H16ClN5/c1-4-11-15-10(13)5-12(16-11)17(2)7-9-6-14-18(3)8-9/h5-6,8H,4,7H2,1-3H3. The SMILES string of the molecule is CCc1nc(Cl)cc(N(C)Cc2cnn(C)c2)n1. The van der Waals surface area contributed by atoms with E-state index in [9.17, 15) is 0 Å². The van der Waals surface area contributed by atoms with Crippen molar-refractivity contribution in [2.75, 3.05) is 11.9 Å². The summed E-state index contributed by atoms with van der Waals surface area (Å²) in [6, 6.07) is 1.77. The topological polar surface area (TPSA) is 46.8 Å². The van der Waals surface area contributed by atoms with Crippen molar-refractivity contribution in [1.82, 2.24) is 19.7 Å². The molecule has 2 aromatic rings. The third kappa shape index (κ3) is 2.98. The van der Waals surface area contributed by atoms with Gasteiger partial charge in [0, 0.05) is 44.9 Å².